The largest absolute Gasteiger partial charge is 0.455 e. The van der Waals surface area contributed by atoms with E-state index in [1.165, 1.54) is 42.1 Å². The smallest absolute Gasteiger partial charge is 0.164 e. The summed E-state index contributed by atoms with van der Waals surface area (Å²) in [5.74, 6) is 1.82. The SMILES string of the molecule is c1ccc(-c2nc(-c3ccc(-c4ccc(-c5cccc6c5sc5ccccc56)cc4)cc3)nc(-c3cccc4oc5c(-c6ccc7ccccc7c6)cccc5c34)n2)cc1. The Bertz CT molecular complexity index is 3590. The number of benzene rings is 9. The lowest BCUT2D eigenvalue weighted by molar-refractivity contribution is 0.670. The van der Waals surface area contributed by atoms with Crippen LogP contribution in [0.4, 0.5) is 0 Å². The van der Waals surface area contributed by atoms with Crippen molar-refractivity contribution in [3.05, 3.63) is 200 Å². The molecule has 0 aliphatic rings. The Morgan fingerprint density at radius 3 is 1.72 bits per heavy atom. The molecule has 0 N–H and O–H groups in total. The van der Waals surface area contributed by atoms with Gasteiger partial charge in [-0.3, -0.25) is 0 Å². The number of hydrogen-bond acceptors (Lipinski definition) is 5. The normalized spacial score (nSPS) is 11.7. The fourth-order valence-electron chi connectivity index (χ4n) is 8.59. The molecule has 0 unspecified atom stereocenters. The number of fused-ring (bicyclic) bond motifs is 7. The van der Waals surface area contributed by atoms with Crippen molar-refractivity contribution in [3.8, 4) is 67.5 Å². The van der Waals surface area contributed by atoms with Crippen molar-refractivity contribution in [2.75, 3.05) is 0 Å². The maximum atomic E-state index is 6.69. The Labute approximate surface area is 349 Å². The van der Waals surface area contributed by atoms with Gasteiger partial charge in [-0.25, -0.2) is 15.0 Å². The van der Waals surface area contributed by atoms with Crippen LogP contribution in [0, 0.1) is 0 Å². The predicted octanol–water partition coefficient (Wildman–Crippen LogP) is 15.3. The summed E-state index contributed by atoms with van der Waals surface area (Å²) in [6.07, 6.45) is 0. The van der Waals surface area contributed by atoms with Gasteiger partial charge in [-0.1, -0.05) is 182 Å². The standard InChI is InChI=1S/C55H33N3OS/c1-2-12-38(13-3-1)53-56-54(39-30-25-36(26-31-39)35-23-28-37(29-24-35)43-17-9-18-45-44-15-6-7-22-49(44)60-52(43)45)58-55(57-53)47-20-10-21-48-50(47)46-19-8-16-42(51(46)59-48)41-32-27-34-11-4-5-14-40(34)33-41/h1-33H. The Hall–Kier alpha value is -7.73. The highest BCUT2D eigenvalue weighted by molar-refractivity contribution is 7.26. The van der Waals surface area contributed by atoms with Crippen molar-refractivity contribution in [3.63, 3.8) is 0 Å². The molecule has 12 rings (SSSR count). The molecule has 0 aliphatic heterocycles. The third-order valence-electron chi connectivity index (χ3n) is 11.6. The first-order valence-corrected chi connectivity index (χ1v) is 20.9. The van der Waals surface area contributed by atoms with Gasteiger partial charge in [0.05, 0.1) is 0 Å². The van der Waals surface area contributed by atoms with Gasteiger partial charge in [0.1, 0.15) is 11.2 Å². The molecule has 0 bridgehead atoms. The topological polar surface area (TPSA) is 51.8 Å². The Morgan fingerprint density at radius 2 is 0.917 bits per heavy atom. The third kappa shape index (κ3) is 5.78. The summed E-state index contributed by atoms with van der Waals surface area (Å²) in [5.41, 5.74) is 11.3. The lowest BCUT2D eigenvalue weighted by Crippen LogP contribution is -2.00. The highest BCUT2D eigenvalue weighted by Crippen LogP contribution is 2.42. The van der Waals surface area contributed by atoms with Gasteiger partial charge in [-0.05, 0) is 56.8 Å². The number of para-hydroxylation sites is 1. The van der Waals surface area contributed by atoms with E-state index >= 15 is 0 Å². The molecular weight excluding hydrogens is 751 g/mol. The molecule has 280 valence electrons. The number of rotatable bonds is 6. The summed E-state index contributed by atoms with van der Waals surface area (Å²) in [6.45, 7) is 0. The van der Waals surface area contributed by atoms with Crippen LogP contribution in [0.15, 0.2) is 205 Å². The van der Waals surface area contributed by atoms with E-state index < -0.39 is 0 Å². The van der Waals surface area contributed by atoms with Gasteiger partial charge < -0.3 is 4.42 Å². The fourth-order valence-corrected chi connectivity index (χ4v) is 9.83. The van der Waals surface area contributed by atoms with Crippen LogP contribution in [0.3, 0.4) is 0 Å². The second-order valence-corrected chi connectivity index (χ2v) is 16.2. The molecule has 60 heavy (non-hydrogen) atoms. The fraction of sp³-hybridized carbons (Fsp3) is 0. The van der Waals surface area contributed by atoms with Crippen LogP contribution in [0.1, 0.15) is 0 Å². The average molecular weight is 784 g/mol. The molecule has 9 aromatic carbocycles. The van der Waals surface area contributed by atoms with Gasteiger partial charge in [-0.2, -0.15) is 0 Å². The highest BCUT2D eigenvalue weighted by atomic mass is 32.1. The lowest BCUT2D eigenvalue weighted by Gasteiger charge is -2.10. The van der Waals surface area contributed by atoms with Crippen molar-refractivity contribution >= 4 is 64.2 Å². The van der Waals surface area contributed by atoms with Crippen molar-refractivity contribution in [1.29, 1.82) is 0 Å². The molecule has 5 heteroatoms. The van der Waals surface area contributed by atoms with Crippen LogP contribution in [0.25, 0.3) is 120 Å². The van der Waals surface area contributed by atoms with Crippen LogP contribution in [0.2, 0.25) is 0 Å². The molecule has 12 aromatic rings. The molecule has 0 fully saturated rings. The Morgan fingerprint density at radius 1 is 0.350 bits per heavy atom. The minimum atomic E-state index is 0.594. The van der Waals surface area contributed by atoms with Crippen LogP contribution >= 0.6 is 11.3 Å². The first-order valence-electron chi connectivity index (χ1n) is 20.1. The first kappa shape index (κ1) is 34.3. The lowest BCUT2D eigenvalue weighted by atomic mass is 9.98. The molecule has 4 nitrogen and oxygen atoms in total. The van der Waals surface area contributed by atoms with E-state index in [0.29, 0.717) is 17.5 Å². The van der Waals surface area contributed by atoms with Crippen molar-refractivity contribution in [2.45, 2.75) is 0 Å². The molecular formula is C55H33N3OS. The summed E-state index contributed by atoms with van der Waals surface area (Å²) >= 11 is 1.86. The van der Waals surface area contributed by atoms with E-state index in [1.54, 1.807) is 0 Å². The van der Waals surface area contributed by atoms with E-state index in [1.807, 2.05) is 53.8 Å². The first-order chi connectivity index (χ1) is 29.7. The van der Waals surface area contributed by atoms with Gasteiger partial charge in [0.15, 0.2) is 17.5 Å². The predicted molar refractivity (Wildman–Crippen MR) is 250 cm³/mol. The number of furan rings is 1. The van der Waals surface area contributed by atoms with E-state index in [-0.39, 0.29) is 0 Å². The molecule has 0 spiro atoms. The van der Waals surface area contributed by atoms with E-state index in [0.717, 1.165) is 60.9 Å². The highest BCUT2D eigenvalue weighted by Gasteiger charge is 2.20. The molecule has 0 saturated heterocycles. The van der Waals surface area contributed by atoms with Gasteiger partial charge in [0.25, 0.3) is 0 Å². The maximum absolute atomic E-state index is 6.69. The average Bonchev–Trinajstić information content (AvgIpc) is 3.91. The minimum absolute atomic E-state index is 0.594. The summed E-state index contributed by atoms with van der Waals surface area (Å²) in [5, 5.41) is 7.03. The van der Waals surface area contributed by atoms with Gasteiger partial charge in [-0.15, -0.1) is 11.3 Å². The number of hydrogen-bond donors (Lipinski definition) is 0. The quantitative estimate of drug-likeness (QED) is 0.169. The van der Waals surface area contributed by atoms with Gasteiger partial charge in [0.2, 0.25) is 0 Å². The van der Waals surface area contributed by atoms with Crippen molar-refractivity contribution in [2.24, 2.45) is 0 Å². The van der Waals surface area contributed by atoms with Crippen molar-refractivity contribution in [1.82, 2.24) is 15.0 Å². The van der Waals surface area contributed by atoms with E-state index in [4.69, 9.17) is 19.4 Å². The second kappa shape index (κ2) is 14.0. The van der Waals surface area contributed by atoms with Gasteiger partial charge in [0, 0.05) is 53.2 Å². The van der Waals surface area contributed by atoms with Crippen LogP contribution in [0.5, 0.6) is 0 Å². The Kier molecular flexibility index (Phi) is 8.00. The van der Waals surface area contributed by atoms with E-state index in [9.17, 15) is 0 Å². The molecule has 3 heterocycles. The Balaban J connectivity index is 0.928. The molecule has 0 atom stereocenters. The second-order valence-electron chi connectivity index (χ2n) is 15.1. The van der Waals surface area contributed by atoms with E-state index in [2.05, 4.69) is 158 Å². The molecule has 3 aromatic heterocycles. The van der Waals surface area contributed by atoms with Crippen molar-refractivity contribution < 1.29 is 4.42 Å². The number of aromatic nitrogens is 3. The van der Waals surface area contributed by atoms with Crippen LogP contribution in [-0.4, -0.2) is 15.0 Å². The minimum Gasteiger partial charge on any atom is -0.455 e. The zero-order valence-corrected chi connectivity index (χ0v) is 33.0. The molecule has 0 aliphatic carbocycles. The third-order valence-corrected chi connectivity index (χ3v) is 12.8. The number of nitrogens with zero attached hydrogens (tertiary/aromatic N) is 3. The summed E-state index contributed by atoms with van der Waals surface area (Å²) < 4.78 is 9.33. The molecule has 0 radical (unpaired) electrons. The molecule has 0 saturated carbocycles. The maximum Gasteiger partial charge on any atom is 0.164 e. The summed E-state index contributed by atoms with van der Waals surface area (Å²) in [4.78, 5) is 15.3. The monoisotopic (exact) mass is 783 g/mol. The zero-order valence-electron chi connectivity index (χ0n) is 32.2. The van der Waals surface area contributed by atoms with Gasteiger partial charge >= 0.3 is 0 Å². The summed E-state index contributed by atoms with van der Waals surface area (Å²) in [6, 6.07) is 70.4. The zero-order chi connectivity index (χ0) is 39.6. The number of thiophene rings is 1. The van der Waals surface area contributed by atoms with Crippen LogP contribution in [-0.2, 0) is 0 Å². The van der Waals surface area contributed by atoms with Crippen LogP contribution < -0.4 is 0 Å². The summed E-state index contributed by atoms with van der Waals surface area (Å²) in [7, 11) is 0. The molecule has 0 amide bonds.